The average Bonchev–Trinajstić information content (AvgIpc) is 2.15. The molecule has 0 saturated carbocycles. The largest absolute Gasteiger partial charge is 0.460 e. The predicted molar refractivity (Wildman–Crippen MR) is 66.0 cm³/mol. The van der Waals surface area contributed by atoms with Crippen LogP contribution >= 0.6 is 0 Å². The van der Waals surface area contributed by atoms with Crippen molar-refractivity contribution in [2.75, 3.05) is 0 Å². The quantitative estimate of drug-likeness (QED) is 0.459. The van der Waals surface area contributed by atoms with Crippen LogP contribution in [0.1, 0.15) is 43.1 Å². The van der Waals surface area contributed by atoms with Crippen molar-refractivity contribution in [1.82, 2.24) is 0 Å². The number of hydrogen-bond donors (Lipinski definition) is 0. The summed E-state index contributed by atoms with van der Waals surface area (Å²) >= 11 is 0. The van der Waals surface area contributed by atoms with Crippen molar-refractivity contribution in [3.8, 4) is 0 Å². The normalized spacial score (nSPS) is 11.1. The Kier molecular flexibility index (Phi) is 4.05. The SMILES string of the molecule is Cc1ccc(C(=O)CC(=O)OC(C)(C)C)cc1. The number of hydrogen-bond acceptors (Lipinski definition) is 3. The van der Waals surface area contributed by atoms with Crippen molar-refractivity contribution in [2.45, 2.75) is 39.7 Å². The Labute approximate surface area is 102 Å². The highest BCUT2D eigenvalue weighted by Gasteiger charge is 2.19. The van der Waals surface area contributed by atoms with Gasteiger partial charge in [-0.25, -0.2) is 0 Å². The summed E-state index contributed by atoms with van der Waals surface area (Å²) in [6, 6.07) is 7.15. The molecule has 0 radical (unpaired) electrons. The van der Waals surface area contributed by atoms with Crippen molar-refractivity contribution in [2.24, 2.45) is 0 Å². The second kappa shape index (κ2) is 5.13. The van der Waals surface area contributed by atoms with Crippen LogP contribution in [0, 0.1) is 6.92 Å². The monoisotopic (exact) mass is 234 g/mol. The lowest BCUT2D eigenvalue weighted by Crippen LogP contribution is -2.25. The van der Waals surface area contributed by atoms with Gasteiger partial charge in [0.1, 0.15) is 12.0 Å². The zero-order chi connectivity index (χ0) is 13.1. The minimum atomic E-state index is -0.551. The van der Waals surface area contributed by atoms with Crippen molar-refractivity contribution < 1.29 is 14.3 Å². The molecule has 3 nitrogen and oxygen atoms in total. The molecular formula is C14H18O3. The summed E-state index contributed by atoms with van der Waals surface area (Å²) < 4.78 is 5.09. The highest BCUT2D eigenvalue weighted by atomic mass is 16.6. The Balaban J connectivity index is 2.61. The second-order valence-corrected chi connectivity index (χ2v) is 5.05. The van der Waals surface area contributed by atoms with Crippen LogP contribution in [0.4, 0.5) is 0 Å². The molecule has 17 heavy (non-hydrogen) atoms. The predicted octanol–water partition coefficient (Wildman–Crippen LogP) is 2.91. The summed E-state index contributed by atoms with van der Waals surface area (Å²) in [5.41, 5.74) is 1.07. The molecule has 0 spiro atoms. The van der Waals surface area contributed by atoms with E-state index in [0.717, 1.165) is 5.56 Å². The van der Waals surface area contributed by atoms with Crippen LogP contribution < -0.4 is 0 Å². The fraction of sp³-hybridized carbons (Fsp3) is 0.429. The molecule has 1 aromatic carbocycles. The number of aryl methyl sites for hydroxylation is 1. The van der Waals surface area contributed by atoms with Crippen LogP contribution in [0.3, 0.4) is 0 Å². The van der Waals surface area contributed by atoms with E-state index in [2.05, 4.69) is 0 Å². The van der Waals surface area contributed by atoms with Gasteiger partial charge in [0.25, 0.3) is 0 Å². The minimum Gasteiger partial charge on any atom is -0.460 e. The Morgan fingerprint density at radius 2 is 1.65 bits per heavy atom. The van der Waals surface area contributed by atoms with Crippen molar-refractivity contribution >= 4 is 11.8 Å². The molecule has 0 N–H and O–H groups in total. The third-order valence-electron chi connectivity index (χ3n) is 2.10. The van der Waals surface area contributed by atoms with E-state index in [1.807, 2.05) is 19.1 Å². The Morgan fingerprint density at radius 1 is 1.12 bits per heavy atom. The lowest BCUT2D eigenvalue weighted by atomic mass is 10.1. The second-order valence-electron chi connectivity index (χ2n) is 5.05. The van der Waals surface area contributed by atoms with E-state index >= 15 is 0 Å². The Hall–Kier alpha value is -1.64. The zero-order valence-electron chi connectivity index (χ0n) is 10.7. The van der Waals surface area contributed by atoms with Gasteiger partial charge in [-0.2, -0.15) is 0 Å². The van der Waals surface area contributed by atoms with Crippen LogP contribution in [0.5, 0.6) is 0 Å². The summed E-state index contributed by atoms with van der Waals surface area (Å²) in [5.74, 6) is -0.692. The molecule has 92 valence electrons. The third kappa shape index (κ3) is 4.81. The van der Waals surface area contributed by atoms with E-state index in [4.69, 9.17) is 4.74 Å². The molecule has 1 rings (SSSR count). The van der Waals surface area contributed by atoms with Crippen LogP contribution in [0.15, 0.2) is 24.3 Å². The van der Waals surface area contributed by atoms with Gasteiger partial charge in [-0.05, 0) is 27.7 Å². The molecule has 0 fully saturated rings. The molecule has 0 saturated heterocycles. The first-order valence-electron chi connectivity index (χ1n) is 5.59. The van der Waals surface area contributed by atoms with E-state index in [1.165, 1.54) is 0 Å². The van der Waals surface area contributed by atoms with Crippen LogP contribution in [0.25, 0.3) is 0 Å². The van der Waals surface area contributed by atoms with E-state index in [9.17, 15) is 9.59 Å². The molecular weight excluding hydrogens is 216 g/mol. The highest BCUT2D eigenvalue weighted by Crippen LogP contribution is 2.11. The minimum absolute atomic E-state index is 0.208. The maximum Gasteiger partial charge on any atom is 0.314 e. The lowest BCUT2D eigenvalue weighted by Gasteiger charge is -2.19. The van der Waals surface area contributed by atoms with Gasteiger partial charge in [-0.3, -0.25) is 9.59 Å². The van der Waals surface area contributed by atoms with E-state index < -0.39 is 11.6 Å². The molecule has 0 aliphatic heterocycles. The van der Waals surface area contributed by atoms with Gasteiger partial charge in [0.15, 0.2) is 5.78 Å². The molecule has 1 aromatic rings. The standard InChI is InChI=1S/C14H18O3/c1-10-5-7-11(8-6-10)12(15)9-13(16)17-14(2,3)4/h5-8H,9H2,1-4H3. The zero-order valence-corrected chi connectivity index (χ0v) is 10.7. The summed E-state index contributed by atoms with van der Waals surface area (Å²) in [5, 5.41) is 0. The van der Waals surface area contributed by atoms with Gasteiger partial charge in [-0.15, -0.1) is 0 Å². The fourth-order valence-corrected chi connectivity index (χ4v) is 1.35. The van der Waals surface area contributed by atoms with E-state index in [-0.39, 0.29) is 12.2 Å². The molecule has 3 heteroatoms. The molecule has 0 heterocycles. The van der Waals surface area contributed by atoms with Gasteiger partial charge in [0, 0.05) is 5.56 Å². The number of carbonyl (C=O) groups is 2. The summed E-state index contributed by atoms with van der Waals surface area (Å²) in [6.45, 7) is 7.28. The average molecular weight is 234 g/mol. The molecule has 0 amide bonds. The Bertz CT molecular complexity index is 410. The van der Waals surface area contributed by atoms with Gasteiger partial charge < -0.3 is 4.74 Å². The van der Waals surface area contributed by atoms with E-state index in [0.29, 0.717) is 5.56 Å². The van der Waals surface area contributed by atoms with Crippen molar-refractivity contribution in [3.63, 3.8) is 0 Å². The topological polar surface area (TPSA) is 43.4 Å². The number of ketones is 1. The van der Waals surface area contributed by atoms with E-state index in [1.54, 1.807) is 32.9 Å². The summed E-state index contributed by atoms with van der Waals surface area (Å²) in [6.07, 6.45) is -0.208. The number of rotatable bonds is 3. The molecule has 0 aliphatic rings. The van der Waals surface area contributed by atoms with Gasteiger partial charge in [0.05, 0.1) is 0 Å². The van der Waals surface area contributed by atoms with Crippen molar-refractivity contribution in [3.05, 3.63) is 35.4 Å². The number of benzene rings is 1. The first kappa shape index (κ1) is 13.4. The summed E-state index contributed by atoms with van der Waals surface area (Å²) in [4.78, 5) is 23.2. The van der Waals surface area contributed by atoms with Gasteiger partial charge in [-0.1, -0.05) is 29.8 Å². The number of esters is 1. The summed E-state index contributed by atoms with van der Waals surface area (Å²) in [7, 11) is 0. The van der Waals surface area contributed by atoms with Crippen molar-refractivity contribution in [1.29, 1.82) is 0 Å². The third-order valence-corrected chi connectivity index (χ3v) is 2.10. The maximum atomic E-state index is 11.8. The first-order valence-corrected chi connectivity index (χ1v) is 5.59. The molecule has 0 atom stereocenters. The number of carbonyl (C=O) groups excluding carboxylic acids is 2. The van der Waals surface area contributed by atoms with Crippen LogP contribution in [-0.2, 0) is 9.53 Å². The molecule has 0 aromatic heterocycles. The fourth-order valence-electron chi connectivity index (χ4n) is 1.35. The maximum absolute atomic E-state index is 11.8. The van der Waals surface area contributed by atoms with Crippen LogP contribution in [0.2, 0.25) is 0 Å². The first-order chi connectivity index (χ1) is 7.78. The van der Waals surface area contributed by atoms with Gasteiger partial charge in [0.2, 0.25) is 0 Å². The van der Waals surface area contributed by atoms with Gasteiger partial charge >= 0.3 is 5.97 Å². The molecule has 0 aliphatic carbocycles. The number of Topliss-reactive ketones (excluding diaryl/α,β-unsaturated/α-hetero) is 1. The Morgan fingerprint density at radius 3 is 2.12 bits per heavy atom. The number of ether oxygens (including phenoxy) is 1. The lowest BCUT2D eigenvalue weighted by molar-refractivity contribution is -0.153. The highest BCUT2D eigenvalue weighted by molar-refractivity contribution is 6.05. The smallest absolute Gasteiger partial charge is 0.314 e. The van der Waals surface area contributed by atoms with Crippen LogP contribution in [-0.4, -0.2) is 17.4 Å². The molecule has 0 unspecified atom stereocenters. The molecule has 0 bridgehead atoms.